The molecule has 1 atom stereocenters. The van der Waals surface area contributed by atoms with Gasteiger partial charge in [0.1, 0.15) is 0 Å². The van der Waals surface area contributed by atoms with Crippen LogP contribution in [0.2, 0.25) is 0 Å². The number of carbonyl (C=O) groups is 1. The van der Waals surface area contributed by atoms with Gasteiger partial charge in [0, 0.05) is 24.3 Å². The molecule has 0 amide bonds. The molecule has 90 valence electrons. The van der Waals surface area contributed by atoms with Gasteiger partial charge in [-0.3, -0.25) is 4.79 Å². The topological polar surface area (TPSA) is 65.2 Å². The van der Waals surface area contributed by atoms with Crippen molar-refractivity contribution in [2.75, 3.05) is 6.61 Å². The van der Waals surface area contributed by atoms with Gasteiger partial charge in [0.05, 0.1) is 17.3 Å². The quantitative estimate of drug-likeness (QED) is 0.771. The molecule has 0 aliphatic rings. The van der Waals surface area contributed by atoms with E-state index in [9.17, 15) is 4.79 Å². The van der Waals surface area contributed by atoms with E-state index in [1.54, 1.807) is 18.3 Å². The average molecular weight is 242 g/mol. The number of thiazole rings is 1. The number of carbonyl (C=O) groups excluding carboxylic acids is 1. The van der Waals surface area contributed by atoms with Crippen molar-refractivity contribution < 1.29 is 9.53 Å². The molecule has 1 aromatic rings. The molecular formula is C11H18N2O2S. The summed E-state index contributed by atoms with van der Waals surface area (Å²) in [6.07, 6.45) is 1.76. The van der Waals surface area contributed by atoms with Crippen LogP contribution in [-0.2, 0) is 16.0 Å². The lowest BCUT2D eigenvalue weighted by molar-refractivity contribution is -0.143. The van der Waals surface area contributed by atoms with Crippen molar-refractivity contribution in [3.05, 3.63) is 16.1 Å². The van der Waals surface area contributed by atoms with Gasteiger partial charge < -0.3 is 10.5 Å². The van der Waals surface area contributed by atoms with Crippen LogP contribution in [0.4, 0.5) is 0 Å². The smallest absolute Gasteiger partial charge is 0.305 e. The predicted molar refractivity (Wildman–Crippen MR) is 64.4 cm³/mol. The molecule has 0 spiro atoms. The summed E-state index contributed by atoms with van der Waals surface area (Å²) in [4.78, 5) is 15.4. The number of hydrogen-bond acceptors (Lipinski definition) is 5. The number of esters is 1. The van der Waals surface area contributed by atoms with Gasteiger partial charge in [-0.1, -0.05) is 0 Å². The molecule has 1 aromatic heterocycles. The summed E-state index contributed by atoms with van der Waals surface area (Å²) in [5.74, 6) is -0.174. The highest BCUT2D eigenvalue weighted by molar-refractivity contribution is 7.09. The standard InChI is InChI=1S/C11H18N2O2S/c1-3-15-11(14)5-4-9(12)6-10-7-16-8(2)13-10/h7,9H,3-6,12H2,1-2H3. The second-order valence-electron chi connectivity index (χ2n) is 3.67. The van der Waals surface area contributed by atoms with E-state index in [4.69, 9.17) is 10.5 Å². The van der Waals surface area contributed by atoms with Gasteiger partial charge in [-0.15, -0.1) is 11.3 Å². The highest BCUT2D eigenvalue weighted by Crippen LogP contribution is 2.11. The Morgan fingerprint density at radius 1 is 1.69 bits per heavy atom. The van der Waals surface area contributed by atoms with Gasteiger partial charge in [-0.2, -0.15) is 0 Å². The van der Waals surface area contributed by atoms with Crippen molar-refractivity contribution in [1.29, 1.82) is 0 Å². The molecule has 0 radical (unpaired) electrons. The maximum atomic E-state index is 11.1. The molecular weight excluding hydrogens is 224 g/mol. The maximum absolute atomic E-state index is 11.1. The number of nitrogens with two attached hydrogens (primary N) is 1. The third-order valence-corrected chi connectivity index (χ3v) is 2.98. The first kappa shape index (κ1) is 13.1. The Balaban J connectivity index is 2.25. The van der Waals surface area contributed by atoms with Crippen LogP contribution in [0.3, 0.4) is 0 Å². The van der Waals surface area contributed by atoms with Crippen LogP contribution in [-0.4, -0.2) is 23.6 Å². The maximum Gasteiger partial charge on any atom is 0.305 e. The van der Waals surface area contributed by atoms with Crippen LogP contribution in [0.15, 0.2) is 5.38 Å². The molecule has 0 aliphatic heterocycles. The molecule has 0 saturated heterocycles. The van der Waals surface area contributed by atoms with E-state index in [0.29, 0.717) is 19.4 Å². The highest BCUT2D eigenvalue weighted by Gasteiger charge is 2.10. The van der Waals surface area contributed by atoms with E-state index in [1.807, 2.05) is 12.3 Å². The average Bonchev–Trinajstić information content (AvgIpc) is 2.61. The second-order valence-corrected chi connectivity index (χ2v) is 4.73. The summed E-state index contributed by atoms with van der Waals surface area (Å²) in [6, 6.07) is -0.0223. The van der Waals surface area contributed by atoms with Crippen LogP contribution in [0.1, 0.15) is 30.5 Å². The van der Waals surface area contributed by atoms with Gasteiger partial charge in [0.25, 0.3) is 0 Å². The first-order valence-electron chi connectivity index (χ1n) is 5.44. The molecule has 5 heteroatoms. The molecule has 2 N–H and O–H groups in total. The van der Waals surface area contributed by atoms with Crippen LogP contribution >= 0.6 is 11.3 Å². The Bertz CT molecular complexity index is 338. The van der Waals surface area contributed by atoms with Gasteiger partial charge in [0.15, 0.2) is 0 Å². The zero-order chi connectivity index (χ0) is 12.0. The molecule has 0 aromatic carbocycles. The predicted octanol–water partition coefficient (Wildman–Crippen LogP) is 1.66. The lowest BCUT2D eigenvalue weighted by Gasteiger charge is -2.09. The van der Waals surface area contributed by atoms with E-state index in [2.05, 4.69) is 4.98 Å². The molecule has 1 unspecified atom stereocenters. The Morgan fingerprint density at radius 3 is 3.00 bits per heavy atom. The van der Waals surface area contributed by atoms with Crippen LogP contribution in [0.25, 0.3) is 0 Å². The summed E-state index contributed by atoms with van der Waals surface area (Å²) < 4.78 is 4.84. The summed E-state index contributed by atoms with van der Waals surface area (Å²) in [5, 5.41) is 3.06. The molecule has 4 nitrogen and oxygen atoms in total. The minimum absolute atomic E-state index is 0.0223. The van der Waals surface area contributed by atoms with Crippen molar-refractivity contribution in [1.82, 2.24) is 4.98 Å². The number of nitrogens with zero attached hydrogens (tertiary/aromatic N) is 1. The van der Waals surface area contributed by atoms with E-state index >= 15 is 0 Å². The Hall–Kier alpha value is -0.940. The molecule has 1 rings (SSSR count). The fourth-order valence-electron chi connectivity index (χ4n) is 1.41. The molecule has 1 heterocycles. The second kappa shape index (κ2) is 6.60. The van der Waals surface area contributed by atoms with Gasteiger partial charge in [0.2, 0.25) is 0 Å². The Morgan fingerprint density at radius 2 is 2.44 bits per heavy atom. The van der Waals surface area contributed by atoms with Crippen LogP contribution in [0, 0.1) is 6.92 Å². The molecule has 16 heavy (non-hydrogen) atoms. The number of hydrogen-bond donors (Lipinski definition) is 1. The van der Waals surface area contributed by atoms with Gasteiger partial charge in [-0.05, 0) is 20.3 Å². The number of ether oxygens (including phenoxy) is 1. The zero-order valence-electron chi connectivity index (χ0n) is 9.73. The first-order chi connectivity index (χ1) is 7.61. The highest BCUT2D eigenvalue weighted by atomic mass is 32.1. The zero-order valence-corrected chi connectivity index (χ0v) is 10.5. The monoisotopic (exact) mass is 242 g/mol. The molecule has 0 saturated carbocycles. The van der Waals surface area contributed by atoms with E-state index in [0.717, 1.165) is 17.1 Å². The molecule has 0 aliphatic carbocycles. The van der Waals surface area contributed by atoms with Crippen molar-refractivity contribution in [3.8, 4) is 0 Å². The van der Waals surface area contributed by atoms with Gasteiger partial charge >= 0.3 is 5.97 Å². The van der Waals surface area contributed by atoms with Gasteiger partial charge in [-0.25, -0.2) is 4.98 Å². The number of rotatable bonds is 6. The minimum Gasteiger partial charge on any atom is -0.466 e. The van der Waals surface area contributed by atoms with Crippen molar-refractivity contribution >= 4 is 17.3 Å². The number of aryl methyl sites for hydroxylation is 1. The molecule has 0 bridgehead atoms. The third kappa shape index (κ3) is 4.72. The normalized spacial score (nSPS) is 12.4. The Kier molecular flexibility index (Phi) is 5.42. The summed E-state index contributed by atoms with van der Waals surface area (Å²) >= 11 is 1.62. The summed E-state index contributed by atoms with van der Waals surface area (Å²) in [6.45, 7) is 4.20. The fourth-order valence-corrected chi connectivity index (χ4v) is 2.03. The largest absolute Gasteiger partial charge is 0.466 e. The molecule has 0 fully saturated rings. The summed E-state index contributed by atoms with van der Waals surface area (Å²) in [7, 11) is 0. The SMILES string of the molecule is CCOC(=O)CCC(N)Cc1csc(C)n1. The van der Waals surface area contributed by atoms with Crippen molar-refractivity contribution in [3.63, 3.8) is 0 Å². The van der Waals surface area contributed by atoms with E-state index in [-0.39, 0.29) is 12.0 Å². The summed E-state index contributed by atoms with van der Waals surface area (Å²) in [5.41, 5.74) is 6.93. The minimum atomic E-state index is -0.174. The first-order valence-corrected chi connectivity index (χ1v) is 6.32. The van der Waals surface area contributed by atoms with Crippen molar-refractivity contribution in [2.45, 2.75) is 39.2 Å². The number of aromatic nitrogens is 1. The van der Waals surface area contributed by atoms with Crippen molar-refractivity contribution in [2.24, 2.45) is 5.73 Å². The van der Waals surface area contributed by atoms with E-state index < -0.39 is 0 Å². The van der Waals surface area contributed by atoms with Crippen LogP contribution in [0.5, 0.6) is 0 Å². The lowest BCUT2D eigenvalue weighted by atomic mass is 10.1. The van der Waals surface area contributed by atoms with Crippen LogP contribution < -0.4 is 5.73 Å². The van der Waals surface area contributed by atoms with E-state index in [1.165, 1.54) is 0 Å². The lowest BCUT2D eigenvalue weighted by Crippen LogP contribution is -2.24. The Labute approximate surface area is 99.8 Å². The third-order valence-electron chi connectivity index (χ3n) is 2.16. The fraction of sp³-hybridized carbons (Fsp3) is 0.636.